The van der Waals surface area contributed by atoms with Crippen molar-refractivity contribution in [1.29, 1.82) is 0 Å². The predicted octanol–water partition coefficient (Wildman–Crippen LogP) is 1.26. The molecule has 0 aromatic carbocycles. The Bertz CT molecular complexity index is 591. The maximum Gasteiger partial charge on any atom is 0.345 e. The molecule has 1 aromatic rings. The summed E-state index contributed by atoms with van der Waals surface area (Å²) in [6, 6.07) is 1.13. The van der Waals surface area contributed by atoms with Crippen LogP contribution in [0.3, 0.4) is 0 Å². The van der Waals surface area contributed by atoms with Crippen LogP contribution in [0.1, 0.15) is 22.5 Å². The van der Waals surface area contributed by atoms with E-state index in [2.05, 4.69) is 20.7 Å². The van der Waals surface area contributed by atoms with Crippen molar-refractivity contribution in [2.45, 2.75) is 23.8 Å². The van der Waals surface area contributed by atoms with E-state index < -0.39 is 16.0 Å². The highest BCUT2D eigenvalue weighted by molar-refractivity contribution is 9.11. The van der Waals surface area contributed by atoms with Gasteiger partial charge in [-0.2, -0.15) is 0 Å². The number of carboxylic acids is 1. The number of sulfonamides is 1. The fourth-order valence-electron chi connectivity index (χ4n) is 1.81. The van der Waals surface area contributed by atoms with Crippen LogP contribution in [0.4, 0.5) is 0 Å². The molecule has 1 aliphatic carbocycles. The zero-order valence-corrected chi connectivity index (χ0v) is 12.9. The zero-order chi connectivity index (χ0) is 14.2. The van der Waals surface area contributed by atoms with Gasteiger partial charge in [-0.3, -0.25) is 0 Å². The van der Waals surface area contributed by atoms with Gasteiger partial charge in [0.1, 0.15) is 9.77 Å². The minimum atomic E-state index is -3.72. The number of halogens is 1. The predicted molar refractivity (Wildman–Crippen MR) is 72.9 cm³/mol. The van der Waals surface area contributed by atoms with Crippen molar-refractivity contribution in [3.63, 3.8) is 0 Å². The number of thiophene rings is 1. The summed E-state index contributed by atoms with van der Waals surface area (Å²) in [5.41, 5.74) is 0. The third-order valence-electron chi connectivity index (χ3n) is 2.93. The first-order valence-electron chi connectivity index (χ1n) is 5.50. The first-order valence-corrected chi connectivity index (χ1v) is 8.59. The van der Waals surface area contributed by atoms with E-state index in [-0.39, 0.29) is 32.1 Å². The van der Waals surface area contributed by atoms with Gasteiger partial charge in [-0.1, -0.05) is 0 Å². The van der Waals surface area contributed by atoms with E-state index in [0.29, 0.717) is 12.8 Å². The van der Waals surface area contributed by atoms with Gasteiger partial charge in [-0.05, 0) is 40.8 Å². The molecule has 0 bridgehead atoms. The topological polar surface area (TPSA) is 104 Å². The van der Waals surface area contributed by atoms with Crippen LogP contribution >= 0.6 is 27.3 Å². The van der Waals surface area contributed by atoms with Crippen molar-refractivity contribution >= 4 is 43.3 Å². The number of carbonyl (C=O) groups is 1. The van der Waals surface area contributed by atoms with E-state index >= 15 is 0 Å². The highest BCUT2D eigenvalue weighted by Crippen LogP contribution is 2.32. The fraction of sp³-hybridized carbons (Fsp3) is 0.500. The largest absolute Gasteiger partial charge is 0.477 e. The molecule has 0 radical (unpaired) electrons. The molecule has 1 aliphatic rings. The van der Waals surface area contributed by atoms with E-state index in [0.717, 1.165) is 17.4 Å². The van der Waals surface area contributed by atoms with Crippen LogP contribution in [-0.2, 0) is 10.0 Å². The summed E-state index contributed by atoms with van der Waals surface area (Å²) >= 11 is 3.93. The minimum absolute atomic E-state index is 0.0358. The van der Waals surface area contributed by atoms with Crippen LogP contribution in [-0.4, -0.2) is 37.2 Å². The normalized spacial score (nSPS) is 23.1. The SMILES string of the molecule is O=C(O)c1cc(S(=O)(=O)NCC2CC(O)C2)c(Br)s1. The molecular weight excluding hydrogens is 358 g/mol. The Morgan fingerprint density at radius 3 is 2.63 bits per heavy atom. The Balaban J connectivity index is 2.08. The number of aromatic carboxylic acids is 1. The number of rotatable bonds is 5. The summed E-state index contributed by atoms with van der Waals surface area (Å²) in [6.07, 6.45) is 0.850. The molecule has 0 aliphatic heterocycles. The molecule has 0 amide bonds. The molecule has 1 saturated carbocycles. The monoisotopic (exact) mass is 369 g/mol. The molecule has 0 atom stereocenters. The minimum Gasteiger partial charge on any atom is -0.477 e. The van der Waals surface area contributed by atoms with Gasteiger partial charge in [0.25, 0.3) is 0 Å². The molecule has 0 spiro atoms. The van der Waals surface area contributed by atoms with Crippen molar-refractivity contribution in [2.24, 2.45) is 5.92 Å². The van der Waals surface area contributed by atoms with Crippen molar-refractivity contribution in [3.8, 4) is 0 Å². The van der Waals surface area contributed by atoms with Crippen LogP contribution in [0.2, 0.25) is 0 Å². The van der Waals surface area contributed by atoms with Crippen molar-refractivity contribution in [1.82, 2.24) is 4.72 Å². The Morgan fingerprint density at radius 1 is 1.53 bits per heavy atom. The molecule has 0 unspecified atom stereocenters. The number of hydrogen-bond acceptors (Lipinski definition) is 5. The molecule has 1 fully saturated rings. The van der Waals surface area contributed by atoms with Gasteiger partial charge in [0.2, 0.25) is 10.0 Å². The highest BCUT2D eigenvalue weighted by atomic mass is 79.9. The molecule has 1 heterocycles. The zero-order valence-electron chi connectivity index (χ0n) is 9.67. The van der Waals surface area contributed by atoms with Crippen LogP contribution < -0.4 is 4.72 Å². The first-order chi connectivity index (χ1) is 8.79. The van der Waals surface area contributed by atoms with Crippen molar-refractivity contribution in [2.75, 3.05) is 6.54 Å². The molecule has 3 N–H and O–H groups in total. The molecule has 0 saturated heterocycles. The summed E-state index contributed by atoms with van der Waals surface area (Å²) in [6.45, 7) is 0.254. The van der Waals surface area contributed by atoms with Crippen LogP contribution in [0.25, 0.3) is 0 Å². The third kappa shape index (κ3) is 3.34. The molecule has 19 heavy (non-hydrogen) atoms. The highest BCUT2D eigenvalue weighted by Gasteiger charge is 2.29. The van der Waals surface area contributed by atoms with Gasteiger partial charge in [-0.15, -0.1) is 11.3 Å². The number of hydrogen-bond donors (Lipinski definition) is 3. The third-order valence-corrected chi connectivity index (χ3v) is 6.59. The van der Waals surface area contributed by atoms with E-state index in [9.17, 15) is 13.2 Å². The lowest BCUT2D eigenvalue weighted by molar-refractivity contribution is 0.0453. The average molecular weight is 370 g/mol. The lowest BCUT2D eigenvalue weighted by Gasteiger charge is -2.31. The molecule has 1 aromatic heterocycles. The van der Waals surface area contributed by atoms with Crippen molar-refractivity contribution < 1.29 is 23.4 Å². The second-order valence-corrected chi connectivity index (χ2v) is 8.50. The lowest BCUT2D eigenvalue weighted by atomic mass is 9.83. The van der Waals surface area contributed by atoms with Crippen LogP contribution in [0.15, 0.2) is 14.7 Å². The summed E-state index contributed by atoms with van der Waals surface area (Å²) in [5, 5.41) is 18.0. The van der Waals surface area contributed by atoms with Gasteiger partial charge in [0, 0.05) is 6.54 Å². The summed E-state index contributed by atoms with van der Waals surface area (Å²) in [7, 11) is -3.72. The number of carboxylic acid groups (broad SMARTS) is 1. The van der Waals surface area contributed by atoms with Gasteiger partial charge in [0.15, 0.2) is 0 Å². The second kappa shape index (κ2) is 5.49. The first kappa shape index (κ1) is 14.9. The van der Waals surface area contributed by atoms with Gasteiger partial charge >= 0.3 is 5.97 Å². The maximum atomic E-state index is 12.0. The summed E-state index contributed by atoms with van der Waals surface area (Å²) < 4.78 is 26.8. The Morgan fingerprint density at radius 2 is 2.16 bits per heavy atom. The summed E-state index contributed by atoms with van der Waals surface area (Å²) in [5.74, 6) is -1.02. The number of aliphatic hydroxyl groups is 1. The molecule has 6 nitrogen and oxygen atoms in total. The van der Waals surface area contributed by atoms with E-state index in [1.165, 1.54) is 0 Å². The smallest absolute Gasteiger partial charge is 0.345 e. The van der Waals surface area contributed by atoms with Gasteiger partial charge in [0.05, 0.1) is 9.89 Å². The number of aliphatic hydroxyl groups excluding tert-OH is 1. The Hall–Kier alpha value is -0.480. The quantitative estimate of drug-likeness (QED) is 0.724. The Labute approximate surface area is 122 Å². The van der Waals surface area contributed by atoms with Crippen LogP contribution in [0.5, 0.6) is 0 Å². The molecule has 2 rings (SSSR count). The molecular formula is C10H12BrNO5S2. The van der Waals surface area contributed by atoms with Crippen LogP contribution in [0, 0.1) is 5.92 Å². The standard InChI is InChI=1S/C10H12BrNO5S2/c11-9-8(3-7(18-9)10(14)15)19(16,17)12-4-5-1-6(13)2-5/h3,5-6,12-13H,1-2,4H2,(H,14,15). The average Bonchev–Trinajstić information content (AvgIpc) is 2.66. The molecule has 9 heteroatoms. The van der Waals surface area contributed by atoms with E-state index in [4.69, 9.17) is 10.2 Å². The lowest BCUT2D eigenvalue weighted by Crippen LogP contribution is -2.38. The van der Waals surface area contributed by atoms with Gasteiger partial charge < -0.3 is 10.2 Å². The van der Waals surface area contributed by atoms with E-state index in [1.807, 2.05) is 0 Å². The number of nitrogens with one attached hydrogen (secondary N) is 1. The van der Waals surface area contributed by atoms with E-state index in [1.54, 1.807) is 0 Å². The van der Waals surface area contributed by atoms with Crippen molar-refractivity contribution in [3.05, 3.63) is 14.7 Å². The molecule has 106 valence electrons. The second-order valence-electron chi connectivity index (χ2n) is 4.40. The fourth-order valence-corrected chi connectivity index (χ4v) is 5.33. The Kier molecular flexibility index (Phi) is 4.31. The maximum absolute atomic E-state index is 12.0. The summed E-state index contributed by atoms with van der Waals surface area (Å²) in [4.78, 5) is 10.7. The van der Waals surface area contributed by atoms with Gasteiger partial charge in [-0.25, -0.2) is 17.9 Å².